The van der Waals surface area contributed by atoms with E-state index in [4.69, 9.17) is 0 Å². The van der Waals surface area contributed by atoms with Crippen LogP contribution in [-0.2, 0) is 13.1 Å². The average molecular weight is 205 g/mol. The third-order valence-electron chi connectivity index (χ3n) is 3.26. The highest BCUT2D eigenvalue weighted by molar-refractivity contribution is 5.16. The summed E-state index contributed by atoms with van der Waals surface area (Å²) in [5.74, 6) is 0. The molecule has 0 saturated heterocycles. The zero-order valence-corrected chi connectivity index (χ0v) is 9.82. The molecule has 0 N–H and O–H groups in total. The molecule has 0 bridgehead atoms. The van der Waals surface area contributed by atoms with Crippen molar-refractivity contribution in [1.29, 1.82) is 0 Å². The van der Waals surface area contributed by atoms with Crippen molar-refractivity contribution in [2.75, 3.05) is 0 Å². The number of hydrogen-bond acceptors (Lipinski definition) is 3. The Morgan fingerprint density at radius 1 is 1.20 bits per heavy atom. The minimum atomic E-state index is 0.261. The maximum Gasteiger partial charge on any atom is 0.0772 e. The van der Waals surface area contributed by atoms with Gasteiger partial charge in [0, 0.05) is 31.0 Å². The molecule has 15 heavy (non-hydrogen) atoms. The van der Waals surface area contributed by atoms with Gasteiger partial charge in [0.25, 0.3) is 0 Å². The Hall–Kier alpha value is -0.960. The zero-order chi connectivity index (χ0) is 10.9. The van der Waals surface area contributed by atoms with Crippen molar-refractivity contribution in [1.82, 2.24) is 14.9 Å². The van der Waals surface area contributed by atoms with Crippen molar-refractivity contribution in [2.24, 2.45) is 0 Å². The highest BCUT2D eigenvalue weighted by Crippen LogP contribution is 2.29. The van der Waals surface area contributed by atoms with E-state index >= 15 is 0 Å². The third kappa shape index (κ3) is 2.02. The van der Waals surface area contributed by atoms with Crippen LogP contribution < -0.4 is 0 Å². The molecule has 2 heterocycles. The molecule has 0 spiro atoms. The van der Waals surface area contributed by atoms with E-state index in [9.17, 15) is 0 Å². The first-order valence-electron chi connectivity index (χ1n) is 5.67. The lowest BCUT2D eigenvalue weighted by atomic mass is 9.97. The van der Waals surface area contributed by atoms with Gasteiger partial charge in [0.2, 0.25) is 0 Å². The van der Waals surface area contributed by atoms with E-state index in [2.05, 4.69) is 35.6 Å². The summed E-state index contributed by atoms with van der Waals surface area (Å²) in [6.07, 6.45) is 6.02. The SMILES string of the molecule is CCCC(C)(C)N1Cc2nccnc2C1. The van der Waals surface area contributed by atoms with E-state index in [-0.39, 0.29) is 5.54 Å². The summed E-state index contributed by atoms with van der Waals surface area (Å²) in [4.78, 5) is 11.2. The third-order valence-corrected chi connectivity index (χ3v) is 3.26. The first kappa shape index (κ1) is 10.6. The van der Waals surface area contributed by atoms with Gasteiger partial charge in [0.15, 0.2) is 0 Å². The Balaban J connectivity index is 2.13. The molecule has 1 aliphatic heterocycles. The van der Waals surface area contributed by atoms with E-state index in [1.807, 2.05) is 0 Å². The van der Waals surface area contributed by atoms with Crippen molar-refractivity contribution in [3.05, 3.63) is 23.8 Å². The van der Waals surface area contributed by atoms with Gasteiger partial charge in [-0.05, 0) is 20.3 Å². The summed E-state index contributed by atoms with van der Waals surface area (Å²) in [6.45, 7) is 8.76. The van der Waals surface area contributed by atoms with Gasteiger partial charge in [-0.3, -0.25) is 14.9 Å². The van der Waals surface area contributed by atoms with Gasteiger partial charge in [0.05, 0.1) is 11.4 Å². The molecule has 0 saturated carbocycles. The van der Waals surface area contributed by atoms with E-state index < -0.39 is 0 Å². The standard InChI is InChI=1S/C12H19N3/c1-4-5-12(2,3)15-8-10-11(9-15)14-7-6-13-10/h6-7H,4-5,8-9H2,1-3H3. The van der Waals surface area contributed by atoms with Gasteiger partial charge in [-0.15, -0.1) is 0 Å². The van der Waals surface area contributed by atoms with Gasteiger partial charge >= 0.3 is 0 Å². The van der Waals surface area contributed by atoms with Gasteiger partial charge < -0.3 is 0 Å². The Morgan fingerprint density at radius 2 is 1.73 bits per heavy atom. The Labute approximate surface area is 91.5 Å². The Bertz CT molecular complexity index is 321. The Kier molecular flexibility index (Phi) is 2.74. The summed E-state index contributed by atoms with van der Waals surface area (Å²) in [7, 11) is 0. The zero-order valence-electron chi connectivity index (χ0n) is 9.82. The van der Waals surface area contributed by atoms with Crippen LogP contribution in [0.3, 0.4) is 0 Å². The lowest BCUT2D eigenvalue weighted by Gasteiger charge is -2.34. The number of nitrogens with zero attached hydrogens (tertiary/aromatic N) is 3. The van der Waals surface area contributed by atoms with Crippen LogP contribution in [-0.4, -0.2) is 20.4 Å². The lowest BCUT2D eigenvalue weighted by molar-refractivity contribution is 0.107. The van der Waals surface area contributed by atoms with Crippen molar-refractivity contribution in [3.63, 3.8) is 0 Å². The summed E-state index contributed by atoms with van der Waals surface area (Å²) in [6, 6.07) is 0. The molecule has 0 radical (unpaired) electrons. The predicted molar refractivity (Wildman–Crippen MR) is 60.3 cm³/mol. The molecule has 1 aliphatic rings. The van der Waals surface area contributed by atoms with Crippen LogP contribution in [0.25, 0.3) is 0 Å². The minimum absolute atomic E-state index is 0.261. The van der Waals surface area contributed by atoms with Gasteiger partial charge in [-0.2, -0.15) is 0 Å². The van der Waals surface area contributed by atoms with E-state index in [0.29, 0.717) is 0 Å². The molecule has 3 heteroatoms. The molecule has 0 aliphatic carbocycles. The van der Waals surface area contributed by atoms with Crippen LogP contribution in [0.1, 0.15) is 45.0 Å². The molecule has 82 valence electrons. The normalized spacial score (nSPS) is 16.7. The van der Waals surface area contributed by atoms with E-state index in [1.54, 1.807) is 12.4 Å². The van der Waals surface area contributed by atoms with Gasteiger partial charge in [-0.25, -0.2) is 0 Å². The minimum Gasteiger partial charge on any atom is -0.286 e. The van der Waals surface area contributed by atoms with Gasteiger partial charge in [-0.1, -0.05) is 13.3 Å². The molecule has 0 amide bonds. The number of fused-ring (bicyclic) bond motifs is 1. The second-order valence-corrected chi connectivity index (χ2v) is 4.87. The van der Waals surface area contributed by atoms with Crippen LogP contribution in [0.15, 0.2) is 12.4 Å². The number of hydrogen-bond donors (Lipinski definition) is 0. The molecule has 3 nitrogen and oxygen atoms in total. The monoisotopic (exact) mass is 205 g/mol. The maximum atomic E-state index is 4.38. The molecule has 0 unspecified atom stereocenters. The molecule has 0 fully saturated rings. The molecule has 1 aromatic rings. The quantitative estimate of drug-likeness (QED) is 0.758. The van der Waals surface area contributed by atoms with Crippen molar-refractivity contribution in [2.45, 2.75) is 52.2 Å². The summed E-state index contributed by atoms with van der Waals surface area (Å²) >= 11 is 0. The largest absolute Gasteiger partial charge is 0.286 e. The van der Waals surface area contributed by atoms with Crippen LogP contribution in [0.4, 0.5) is 0 Å². The first-order chi connectivity index (χ1) is 7.13. The number of aromatic nitrogens is 2. The van der Waals surface area contributed by atoms with Crippen LogP contribution in [0.2, 0.25) is 0 Å². The van der Waals surface area contributed by atoms with Crippen LogP contribution >= 0.6 is 0 Å². The maximum absolute atomic E-state index is 4.38. The van der Waals surface area contributed by atoms with E-state index in [1.165, 1.54) is 12.8 Å². The average Bonchev–Trinajstić information content (AvgIpc) is 2.61. The lowest BCUT2D eigenvalue weighted by Crippen LogP contribution is -2.40. The summed E-state index contributed by atoms with van der Waals surface area (Å²) in [5.41, 5.74) is 2.57. The fourth-order valence-electron chi connectivity index (χ4n) is 2.28. The highest BCUT2D eigenvalue weighted by atomic mass is 15.2. The predicted octanol–water partition coefficient (Wildman–Crippen LogP) is 2.37. The fraction of sp³-hybridized carbons (Fsp3) is 0.667. The molecule has 0 aromatic carbocycles. The molecule has 1 aromatic heterocycles. The summed E-state index contributed by atoms with van der Waals surface area (Å²) < 4.78 is 0. The molecule has 0 atom stereocenters. The Morgan fingerprint density at radius 3 is 2.20 bits per heavy atom. The molecular weight excluding hydrogens is 186 g/mol. The number of rotatable bonds is 3. The second-order valence-electron chi connectivity index (χ2n) is 4.87. The summed E-state index contributed by atoms with van der Waals surface area (Å²) in [5, 5.41) is 0. The van der Waals surface area contributed by atoms with Crippen molar-refractivity contribution >= 4 is 0 Å². The molecule has 2 rings (SSSR count). The van der Waals surface area contributed by atoms with E-state index in [0.717, 1.165) is 24.5 Å². The fourth-order valence-corrected chi connectivity index (χ4v) is 2.28. The van der Waals surface area contributed by atoms with Crippen molar-refractivity contribution < 1.29 is 0 Å². The van der Waals surface area contributed by atoms with Crippen LogP contribution in [0, 0.1) is 0 Å². The molecular formula is C12H19N3. The van der Waals surface area contributed by atoms with Crippen molar-refractivity contribution in [3.8, 4) is 0 Å². The van der Waals surface area contributed by atoms with Gasteiger partial charge in [0.1, 0.15) is 0 Å². The topological polar surface area (TPSA) is 29.0 Å². The van der Waals surface area contributed by atoms with Crippen LogP contribution in [0.5, 0.6) is 0 Å². The smallest absolute Gasteiger partial charge is 0.0772 e. The first-order valence-corrected chi connectivity index (χ1v) is 5.67. The second kappa shape index (κ2) is 3.89. The highest BCUT2D eigenvalue weighted by Gasteiger charge is 2.32.